The SMILES string of the molecule is Cc1cc(NS(C)(=O)=O)nc(C)n1. The van der Waals surface area contributed by atoms with Crippen LogP contribution in [-0.2, 0) is 10.0 Å². The first-order valence-electron chi connectivity index (χ1n) is 3.67. The normalized spacial score (nSPS) is 11.3. The third kappa shape index (κ3) is 3.37. The van der Waals surface area contributed by atoms with Gasteiger partial charge in [-0.15, -0.1) is 0 Å². The van der Waals surface area contributed by atoms with Crippen LogP contribution in [0.25, 0.3) is 0 Å². The molecule has 0 aliphatic rings. The Morgan fingerprint density at radius 2 is 1.92 bits per heavy atom. The highest BCUT2D eigenvalue weighted by molar-refractivity contribution is 7.92. The topological polar surface area (TPSA) is 72.0 Å². The molecule has 1 heterocycles. The van der Waals surface area contributed by atoms with Crippen molar-refractivity contribution >= 4 is 15.8 Å². The summed E-state index contributed by atoms with van der Waals surface area (Å²) in [5.41, 5.74) is 0.735. The van der Waals surface area contributed by atoms with E-state index in [9.17, 15) is 8.42 Å². The summed E-state index contributed by atoms with van der Waals surface area (Å²) in [5.74, 6) is 0.860. The predicted molar refractivity (Wildman–Crippen MR) is 50.0 cm³/mol. The molecule has 0 saturated carbocycles. The lowest BCUT2D eigenvalue weighted by atomic mass is 10.4. The maximum absolute atomic E-state index is 10.9. The maximum Gasteiger partial charge on any atom is 0.230 e. The van der Waals surface area contributed by atoms with Gasteiger partial charge in [0.15, 0.2) is 0 Å². The van der Waals surface area contributed by atoms with Gasteiger partial charge < -0.3 is 0 Å². The zero-order valence-electron chi connectivity index (χ0n) is 7.70. The fraction of sp³-hybridized carbons (Fsp3) is 0.429. The molecule has 5 nitrogen and oxygen atoms in total. The van der Waals surface area contributed by atoms with Gasteiger partial charge in [0.05, 0.1) is 6.26 Å². The summed E-state index contributed by atoms with van der Waals surface area (Å²) in [6.45, 7) is 3.49. The molecular formula is C7H11N3O2S. The van der Waals surface area contributed by atoms with Crippen molar-refractivity contribution in [2.45, 2.75) is 13.8 Å². The van der Waals surface area contributed by atoms with E-state index < -0.39 is 10.0 Å². The van der Waals surface area contributed by atoms with Gasteiger partial charge in [-0.3, -0.25) is 4.72 Å². The zero-order valence-corrected chi connectivity index (χ0v) is 8.51. The van der Waals surface area contributed by atoms with Crippen LogP contribution >= 0.6 is 0 Å². The number of aromatic nitrogens is 2. The summed E-state index contributed by atoms with van der Waals surface area (Å²) in [4.78, 5) is 7.94. The molecule has 1 aromatic rings. The number of anilines is 1. The first-order chi connectivity index (χ1) is 5.87. The Labute approximate surface area is 77.3 Å². The number of hydrogen-bond acceptors (Lipinski definition) is 4. The summed E-state index contributed by atoms with van der Waals surface area (Å²) in [6, 6.07) is 1.58. The molecular weight excluding hydrogens is 190 g/mol. The van der Waals surface area contributed by atoms with Gasteiger partial charge in [0.25, 0.3) is 0 Å². The van der Waals surface area contributed by atoms with E-state index in [-0.39, 0.29) is 0 Å². The van der Waals surface area contributed by atoms with E-state index in [1.807, 2.05) is 0 Å². The van der Waals surface area contributed by atoms with Crippen molar-refractivity contribution in [3.63, 3.8) is 0 Å². The third-order valence-electron chi connectivity index (χ3n) is 1.26. The Bertz CT molecular complexity index is 393. The highest BCUT2D eigenvalue weighted by Gasteiger charge is 2.04. The molecule has 0 aliphatic carbocycles. The molecule has 0 bridgehead atoms. The first-order valence-corrected chi connectivity index (χ1v) is 5.56. The molecule has 0 unspecified atom stereocenters. The molecule has 0 radical (unpaired) electrons. The minimum absolute atomic E-state index is 0.313. The van der Waals surface area contributed by atoms with Crippen molar-refractivity contribution in [3.05, 3.63) is 17.6 Å². The lowest BCUT2D eigenvalue weighted by Crippen LogP contribution is -2.11. The standard InChI is InChI=1S/C7H11N3O2S/c1-5-4-7(9-6(2)8-5)10-13(3,11)12/h4H,1-3H3,(H,8,9,10). The first kappa shape index (κ1) is 9.91. The highest BCUT2D eigenvalue weighted by atomic mass is 32.2. The average molecular weight is 201 g/mol. The lowest BCUT2D eigenvalue weighted by molar-refractivity contribution is 0.606. The highest BCUT2D eigenvalue weighted by Crippen LogP contribution is 2.06. The van der Waals surface area contributed by atoms with Crippen LogP contribution in [-0.4, -0.2) is 24.6 Å². The molecule has 1 N–H and O–H groups in total. The fourth-order valence-corrected chi connectivity index (χ4v) is 1.44. The molecule has 0 aliphatic heterocycles. The van der Waals surface area contributed by atoms with Crippen molar-refractivity contribution < 1.29 is 8.42 Å². The Morgan fingerprint density at radius 1 is 1.31 bits per heavy atom. The van der Waals surface area contributed by atoms with Gasteiger partial charge in [0.1, 0.15) is 11.6 Å². The Kier molecular flexibility index (Phi) is 2.51. The van der Waals surface area contributed by atoms with Crippen molar-refractivity contribution in [1.29, 1.82) is 0 Å². The Balaban J connectivity index is 3.03. The van der Waals surface area contributed by atoms with Crippen molar-refractivity contribution in [1.82, 2.24) is 9.97 Å². The van der Waals surface area contributed by atoms with E-state index >= 15 is 0 Å². The molecule has 0 spiro atoms. The Hall–Kier alpha value is -1.17. The van der Waals surface area contributed by atoms with Crippen LogP contribution in [0, 0.1) is 13.8 Å². The molecule has 1 rings (SSSR count). The third-order valence-corrected chi connectivity index (χ3v) is 1.84. The van der Waals surface area contributed by atoms with Gasteiger partial charge in [-0.05, 0) is 13.8 Å². The minimum Gasteiger partial charge on any atom is -0.267 e. The van der Waals surface area contributed by atoms with Crippen LogP contribution in [0.1, 0.15) is 11.5 Å². The largest absolute Gasteiger partial charge is 0.267 e. The molecule has 1 aromatic heterocycles. The monoisotopic (exact) mass is 201 g/mol. The summed E-state index contributed by atoms with van der Waals surface area (Å²) >= 11 is 0. The lowest BCUT2D eigenvalue weighted by Gasteiger charge is -2.03. The van der Waals surface area contributed by atoms with Gasteiger partial charge in [0, 0.05) is 11.8 Å². The fourth-order valence-electron chi connectivity index (χ4n) is 0.959. The predicted octanol–water partition coefficient (Wildman–Crippen LogP) is 0.465. The van der Waals surface area contributed by atoms with E-state index in [1.54, 1.807) is 19.9 Å². The molecule has 0 fully saturated rings. The van der Waals surface area contributed by atoms with E-state index in [1.165, 1.54) is 0 Å². The second-order valence-corrected chi connectivity index (χ2v) is 4.56. The van der Waals surface area contributed by atoms with E-state index in [4.69, 9.17) is 0 Å². The molecule has 0 amide bonds. The van der Waals surface area contributed by atoms with E-state index in [0.29, 0.717) is 11.6 Å². The van der Waals surface area contributed by atoms with Gasteiger partial charge >= 0.3 is 0 Å². The maximum atomic E-state index is 10.9. The number of rotatable bonds is 2. The zero-order chi connectivity index (χ0) is 10.1. The van der Waals surface area contributed by atoms with Crippen molar-refractivity contribution in [2.24, 2.45) is 0 Å². The van der Waals surface area contributed by atoms with Gasteiger partial charge in [0.2, 0.25) is 10.0 Å². The summed E-state index contributed by atoms with van der Waals surface area (Å²) in [6.07, 6.45) is 1.08. The molecule has 72 valence electrons. The minimum atomic E-state index is -3.25. The number of aryl methyl sites for hydroxylation is 2. The molecule has 0 atom stereocenters. The van der Waals surface area contributed by atoms with Gasteiger partial charge in [-0.2, -0.15) is 0 Å². The summed E-state index contributed by atoms with van der Waals surface area (Å²) < 4.78 is 24.0. The van der Waals surface area contributed by atoms with Crippen molar-refractivity contribution in [2.75, 3.05) is 11.0 Å². The molecule has 0 aromatic carbocycles. The van der Waals surface area contributed by atoms with Gasteiger partial charge in [-0.25, -0.2) is 18.4 Å². The molecule has 6 heteroatoms. The average Bonchev–Trinajstić information content (AvgIpc) is 1.78. The quantitative estimate of drug-likeness (QED) is 0.754. The second kappa shape index (κ2) is 3.29. The van der Waals surface area contributed by atoms with Crippen LogP contribution in [0.2, 0.25) is 0 Å². The summed E-state index contributed by atoms with van der Waals surface area (Å²) in [7, 11) is -3.25. The van der Waals surface area contributed by atoms with E-state index in [0.717, 1.165) is 11.9 Å². The smallest absolute Gasteiger partial charge is 0.230 e. The van der Waals surface area contributed by atoms with Crippen LogP contribution in [0.5, 0.6) is 0 Å². The molecule has 13 heavy (non-hydrogen) atoms. The molecule has 0 saturated heterocycles. The van der Waals surface area contributed by atoms with E-state index in [2.05, 4.69) is 14.7 Å². The second-order valence-electron chi connectivity index (χ2n) is 2.82. The van der Waals surface area contributed by atoms with Crippen molar-refractivity contribution in [3.8, 4) is 0 Å². The Morgan fingerprint density at radius 3 is 2.38 bits per heavy atom. The van der Waals surface area contributed by atoms with Crippen LogP contribution < -0.4 is 4.72 Å². The van der Waals surface area contributed by atoms with Gasteiger partial charge in [-0.1, -0.05) is 0 Å². The van der Waals surface area contributed by atoms with Crippen LogP contribution in [0.3, 0.4) is 0 Å². The number of hydrogen-bond donors (Lipinski definition) is 1. The number of nitrogens with one attached hydrogen (secondary N) is 1. The van der Waals surface area contributed by atoms with Crippen LogP contribution in [0.4, 0.5) is 5.82 Å². The number of sulfonamides is 1. The number of nitrogens with zero attached hydrogens (tertiary/aromatic N) is 2. The summed E-state index contributed by atoms with van der Waals surface area (Å²) in [5, 5.41) is 0. The van der Waals surface area contributed by atoms with Crippen LogP contribution in [0.15, 0.2) is 6.07 Å².